The Labute approximate surface area is 144 Å². The zero-order chi connectivity index (χ0) is 16.1. The third-order valence-corrected chi connectivity index (χ3v) is 5.64. The van der Waals surface area contributed by atoms with E-state index in [1.54, 1.807) is 11.3 Å². The minimum Gasteiger partial charge on any atom is -0.454 e. The molecule has 4 heterocycles. The summed E-state index contributed by atoms with van der Waals surface area (Å²) in [5.74, 6) is 1.46. The topological polar surface area (TPSA) is 52.8 Å². The second kappa shape index (κ2) is 5.19. The van der Waals surface area contributed by atoms with Gasteiger partial charge in [-0.05, 0) is 29.6 Å². The van der Waals surface area contributed by atoms with Gasteiger partial charge in [0, 0.05) is 10.9 Å². The number of thiazole rings is 1. The summed E-state index contributed by atoms with van der Waals surface area (Å²) in [6.07, 6.45) is 0.873. The Hall–Kier alpha value is -2.64. The summed E-state index contributed by atoms with van der Waals surface area (Å²) in [6, 6.07) is 9.72. The van der Waals surface area contributed by atoms with Crippen molar-refractivity contribution in [3.8, 4) is 33.3 Å². The summed E-state index contributed by atoms with van der Waals surface area (Å²) in [7, 11) is 0. The normalized spacial score (nSPS) is 12.8. The van der Waals surface area contributed by atoms with Gasteiger partial charge in [-0.2, -0.15) is 0 Å². The fourth-order valence-electron chi connectivity index (χ4n) is 2.84. The maximum Gasteiger partial charge on any atom is 0.231 e. The molecular formula is C17H10N2O3S2. The Morgan fingerprint density at radius 2 is 2.08 bits per heavy atom. The first-order valence-electron chi connectivity index (χ1n) is 7.24. The van der Waals surface area contributed by atoms with Crippen molar-refractivity contribution in [1.29, 1.82) is 0 Å². The van der Waals surface area contributed by atoms with E-state index in [2.05, 4.69) is 4.98 Å². The van der Waals surface area contributed by atoms with Gasteiger partial charge in [0.15, 0.2) is 22.7 Å². The van der Waals surface area contributed by atoms with Gasteiger partial charge in [0.1, 0.15) is 11.4 Å². The molecule has 3 aromatic heterocycles. The number of carbonyl (C=O) groups is 1. The number of aromatic nitrogens is 2. The van der Waals surface area contributed by atoms with Crippen LogP contribution in [0.3, 0.4) is 0 Å². The molecule has 0 bridgehead atoms. The average Bonchev–Trinajstić information content (AvgIpc) is 3.35. The van der Waals surface area contributed by atoms with Crippen LogP contribution < -0.4 is 9.47 Å². The van der Waals surface area contributed by atoms with Crippen molar-refractivity contribution in [1.82, 2.24) is 9.38 Å². The number of aldehydes is 1. The SMILES string of the molecule is O=Cc1c(-c2cccs2)nc2scc(-c3ccc4c(c3)OCO4)n12. The molecule has 0 N–H and O–H groups in total. The minimum absolute atomic E-state index is 0.241. The highest BCUT2D eigenvalue weighted by atomic mass is 32.1. The summed E-state index contributed by atoms with van der Waals surface area (Å²) < 4.78 is 12.7. The Morgan fingerprint density at radius 3 is 2.92 bits per heavy atom. The maximum atomic E-state index is 11.8. The highest BCUT2D eigenvalue weighted by molar-refractivity contribution is 7.15. The van der Waals surface area contributed by atoms with Gasteiger partial charge in [-0.1, -0.05) is 6.07 Å². The molecule has 0 saturated carbocycles. The van der Waals surface area contributed by atoms with Crippen LogP contribution in [0.2, 0.25) is 0 Å². The predicted molar refractivity (Wildman–Crippen MR) is 93.3 cm³/mol. The van der Waals surface area contributed by atoms with E-state index in [0.29, 0.717) is 5.69 Å². The van der Waals surface area contributed by atoms with E-state index in [4.69, 9.17) is 9.47 Å². The van der Waals surface area contributed by atoms with E-state index in [1.807, 2.05) is 45.5 Å². The first-order valence-corrected chi connectivity index (χ1v) is 9.00. The molecule has 0 aliphatic carbocycles. The molecule has 1 aromatic carbocycles. The van der Waals surface area contributed by atoms with E-state index in [1.165, 1.54) is 11.3 Å². The quantitative estimate of drug-likeness (QED) is 0.514. The second-order valence-electron chi connectivity index (χ2n) is 5.25. The van der Waals surface area contributed by atoms with Crippen molar-refractivity contribution in [3.63, 3.8) is 0 Å². The van der Waals surface area contributed by atoms with Gasteiger partial charge < -0.3 is 9.47 Å². The van der Waals surface area contributed by atoms with E-state index >= 15 is 0 Å². The van der Waals surface area contributed by atoms with Crippen molar-refractivity contribution in [3.05, 3.63) is 46.8 Å². The number of benzene rings is 1. The van der Waals surface area contributed by atoms with Gasteiger partial charge in [-0.25, -0.2) is 4.98 Å². The minimum atomic E-state index is 0.241. The van der Waals surface area contributed by atoms with Crippen LogP contribution in [-0.2, 0) is 0 Å². The Kier molecular flexibility index (Phi) is 2.97. The number of ether oxygens (including phenoxy) is 2. The molecular weight excluding hydrogens is 344 g/mol. The molecule has 118 valence electrons. The van der Waals surface area contributed by atoms with Crippen LogP contribution in [0.15, 0.2) is 41.1 Å². The van der Waals surface area contributed by atoms with Gasteiger partial charge >= 0.3 is 0 Å². The Bertz CT molecular complexity index is 1060. The van der Waals surface area contributed by atoms with Gasteiger partial charge in [0.25, 0.3) is 0 Å². The number of nitrogens with zero attached hydrogens (tertiary/aromatic N) is 2. The summed E-state index contributed by atoms with van der Waals surface area (Å²) in [4.78, 5) is 18.2. The zero-order valence-electron chi connectivity index (χ0n) is 12.3. The zero-order valence-corrected chi connectivity index (χ0v) is 13.9. The monoisotopic (exact) mass is 354 g/mol. The lowest BCUT2D eigenvalue weighted by Gasteiger charge is -2.03. The third-order valence-electron chi connectivity index (χ3n) is 3.93. The molecule has 1 aliphatic heterocycles. The fourth-order valence-corrected chi connectivity index (χ4v) is 4.47. The summed E-state index contributed by atoms with van der Waals surface area (Å²) >= 11 is 3.09. The van der Waals surface area contributed by atoms with Crippen molar-refractivity contribution in [2.24, 2.45) is 0 Å². The van der Waals surface area contributed by atoms with Gasteiger partial charge in [-0.15, -0.1) is 22.7 Å². The van der Waals surface area contributed by atoms with Gasteiger partial charge in [-0.3, -0.25) is 9.20 Å². The van der Waals surface area contributed by atoms with Crippen molar-refractivity contribution in [2.75, 3.05) is 6.79 Å². The molecule has 5 nitrogen and oxygen atoms in total. The van der Waals surface area contributed by atoms with Crippen LogP contribution in [0.5, 0.6) is 11.5 Å². The number of hydrogen-bond acceptors (Lipinski definition) is 6. The molecule has 0 atom stereocenters. The predicted octanol–water partition coefficient (Wildman–Crippen LogP) is 4.33. The van der Waals surface area contributed by atoms with Crippen molar-refractivity contribution >= 4 is 33.9 Å². The lowest BCUT2D eigenvalue weighted by molar-refractivity contribution is 0.111. The van der Waals surface area contributed by atoms with Crippen LogP contribution in [-0.4, -0.2) is 22.5 Å². The second-order valence-corrected chi connectivity index (χ2v) is 7.03. The molecule has 0 radical (unpaired) electrons. The van der Waals surface area contributed by atoms with Crippen LogP contribution in [0.1, 0.15) is 10.5 Å². The number of imidazole rings is 1. The molecule has 5 rings (SSSR count). The Balaban J connectivity index is 1.74. The first kappa shape index (κ1) is 13.8. The lowest BCUT2D eigenvalue weighted by atomic mass is 10.1. The van der Waals surface area contributed by atoms with E-state index < -0.39 is 0 Å². The highest BCUT2D eigenvalue weighted by Gasteiger charge is 2.20. The number of hydrogen-bond donors (Lipinski definition) is 0. The molecule has 0 amide bonds. The van der Waals surface area contributed by atoms with Gasteiger partial charge in [0.05, 0.1) is 10.6 Å². The average molecular weight is 354 g/mol. The lowest BCUT2D eigenvalue weighted by Crippen LogP contribution is -1.94. The van der Waals surface area contributed by atoms with E-state index in [0.717, 1.165) is 44.6 Å². The summed E-state index contributed by atoms with van der Waals surface area (Å²) in [6.45, 7) is 0.241. The largest absolute Gasteiger partial charge is 0.454 e. The van der Waals surface area contributed by atoms with Crippen molar-refractivity contribution in [2.45, 2.75) is 0 Å². The Morgan fingerprint density at radius 1 is 1.17 bits per heavy atom. The summed E-state index contributed by atoms with van der Waals surface area (Å²) in [5, 5.41) is 3.99. The van der Waals surface area contributed by atoms with Gasteiger partial charge in [0.2, 0.25) is 6.79 Å². The van der Waals surface area contributed by atoms with Crippen LogP contribution >= 0.6 is 22.7 Å². The van der Waals surface area contributed by atoms with Crippen molar-refractivity contribution < 1.29 is 14.3 Å². The summed E-state index contributed by atoms with van der Waals surface area (Å²) in [5.41, 5.74) is 3.18. The molecule has 1 aliphatic rings. The number of rotatable bonds is 3. The fraction of sp³-hybridized carbons (Fsp3) is 0.0588. The van der Waals surface area contributed by atoms with Crippen LogP contribution in [0.25, 0.3) is 26.8 Å². The maximum absolute atomic E-state index is 11.8. The van der Waals surface area contributed by atoms with E-state index in [-0.39, 0.29) is 6.79 Å². The van der Waals surface area contributed by atoms with E-state index in [9.17, 15) is 4.79 Å². The van der Waals surface area contributed by atoms with Crippen LogP contribution in [0.4, 0.5) is 0 Å². The molecule has 0 unspecified atom stereocenters. The number of thiophene rings is 1. The molecule has 7 heteroatoms. The third kappa shape index (κ3) is 1.92. The van der Waals surface area contributed by atoms with Crippen LogP contribution in [0, 0.1) is 0 Å². The first-order chi connectivity index (χ1) is 11.8. The smallest absolute Gasteiger partial charge is 0.231 e. The molecule has 24 heavy (non-hydrogen) atoms. The number of fused-ring (bicyclic) bond motifs is 2. The molecule has 0 fully saturated rings. The standard InChI is InChI=1S/C17H10N2O3S2/c20-7-11-16(15-2-1-5-23-15)18-17-19(11)12(8-24-17)10-3-4-13-14(6-10)22-9-21-13/h1-8H,9H2. The molecule has 4 aromatic rings. The highest BCUT2D eigenvalue weighted by Crippen LogP contribution is 2.38. The number of carbonyl (C=O) groups excluding carboxylic acids is 1. The molecule has 0 spiro atoms. The molecule has 0 saturated heterocycles.